The number of anilines is 1. The molecule has 1 heterocycles. The van der Waals surface area contributed by atoms with Gasteiger partial charge in [0.2, 0.25) is 0 Å². The Hall–Kier alpha value is -4.43. The van der Waals surface area contributed by atoms with Crippen molar-refractivity contribution in [2.75, 3.05) is 5.32 Å². The Bertz CT molecular complexity index is 1540. The highest BCUT2D eigenvalue weighted by Crippen LogP contribution is 2.44. The summed E-state index contributed by atoms with van der Waals surface area (Å²) in [7, 11) is 0. The van der Waals surface area contributed by atoms with Crippen molar-refractivity contribution in [3.63, 3.8) is 0 Å². The van der Waals surface area contributed by atoms with Crippen LogP contribution in [0.3, 0.4) is 0 Å². The first-order chi connectivity index (χ1) is 18.8. The number of nitrogens with one attached hydrogen (secondary N) is 1. The van der Waals surface area contributed by atoms with Gasteiger partial charge in [-0.1, -0.05) is 141 Å². The Morgan fingerprint density at radius 3 is 1.66 bits per heavy atom. The van der Waals surface area contributed by atoms with Gasteiger partial charge < -0.3 is 5.32 Å². The summed E-state index contributed by atoms with van der Waals surface area (Å²) in [6.45, 7) is 2.26. The molecule has 186 valence electrons. The third kappa shape index (κ3) is 4.54. The maximum absolute atomic E-state index is 5.34. The zero-order valence-corrected chi connectivity index (χ0v) is 21.8. The van der Waals surface area contributed by atoms with Crippen LogP contribution in [-0.4, -0.2) is 5.71 Å². The van der Waals surface area contributed by atoms with Gasteiger partial charge in [0.15, 0.2) is 0 Å². The van der Waals surface area contributed by atoms with Gasteiger partial charge in [0, 0.05) is 0 Å². The van der Waals surface area contributed by atoms with E-state index in [1.165, 1.54) is 27.8 Å². The molecule has 1 aliphatic rings. The Morgan fingerprint density at radius 1 is 0.553 bits per heavy atom. The molecule has 0 aliphatic carbocycles. The minimum absolute atomic E-state index is 0.423. The molecule has 5 aromatic carbocycles. The molecule has 5 aromatic rings. The molecule has 0 spiro atoms. The molecule has 0 aromatic heterocycles. The highest BCUT2D eigenvalue weighted by Gasteiger charge is 2.41. The van der Waals surface area contributed by atoms with Crippen LogP contribution < -0.4 is 5.32 Å². The summed E-state index contributed by atoms with van der Waals surface area (Å²) in [5, 5.41) is 3.98. The molecule has 1 atom stereocenters. The number of hydrogen-bond donors (Lipinski definition) is 1. The minimum Gasteiger partial charge on any atom is -0.369 e. The predicted octanol–water partition coefficient (Wildman–Crippen LogP) is 9.65. The second-order valence-corrected chi connectivity index (χ2v) is 10.00. The molecular weight excluding hydrogens is 460 g/mol. The van der Waals surface area contributed by atoms with Crippen molar-refractivity contribution in [1.82, 2.24) is 0 Å². The van der Waals surface area contributed by atoms with Crippen LogP contribution in [0.4, 0.5) is 11.4 Å². The Kier molecular flexibility index (Phi) is 6.62. The summed E-state index contributed by atoms with van der Waals surface area (Å²) in [5.41, 5.74) is 10.0. The van der Waals surface area contributed by atoms with E-state index in [0.717, 1.165) is 41.9 Å². The van der Waals surface area contributed by atoms with E-state index in [0.29, 0.717) is 0 Å². The molecule has 1 aliphatic heterocycles. The Balaban J connectivity index is 1.47. The maximum Gasteiger partial charge on any atom is 0.106 e. The van der Waals surface area contributed by atoms with Gasteiger partial charge in [-0.3, -0.25) is 0 Å². The summed E-state index contributed by atoms with van der Waals surface area (Å²) < 4.78 is 0. The minimum atomic E-state index is -0.423. The average Bonchev–Trinajstić information content (AvgIpc) is 3.00. The first-order valence-corrected chi connectivity index (χ1v) is 13.5. The molecule has 1 N–H and O–H groups in total. The van der Waals surface area contributed by atoms with Crippen LogP contribution in [0.15, 0.2) is 138 Å². The topological polar surface area (TPSA) is 24.4 Å². The van der Waals surface area contributed by atoms with Crippen molar-refractivity contribution >= 4 is 17.1 Å². The van der Waals surface area contributed by atoms with Crippen LogP contribution in [0.25, 0.3) is 22.3 Å². The van der Waals surface area contributed by atoms with E-state index in [2.05, 4.69) is 146 Å². The van der Waals surface area contributed by atoms with E-state index in [9.17, 15) is 0 Å². The lowest BCUT2D eigenvalue weighted by atomic mass is 9.76. The fourth-order valence-corrected chi connectivity index (χ4v) is 5.50. The number of hydrogen-bond acceptors (Lipinski definition) is 2. The van der Waals surface area contributed by atoms with Crippen molar-refractivity contribution < 1.29 is 0 Å². The lowest BCUT2D eigenvalue weighted by molar-refractivity contribution is 0.551. The van der Waals surface area contributed by atoms with E-state index >= 15 is 0 Å². The summed E-state index contributed by atoms with van der Waals surface area (Å²) in [6.07, 6.45) is 3.17. The zero-order valence-electron chi connectivity index (χ0n) is 21.8. The molecule has 38 heavy (non-hydrogen) atoms. The van der Waals surface area contributed by atoms with Crippen LogP contribution in [0, 0.1) is 0 Å². The summed E-state index contributed by atoms with van der Waals surface area (Å²) in [5.74, 6) is 0. The van der Waals surface area contributed by atoms with E-state index < -0.39 is 5.54 Å². The van der Waals surface area contributed by atoms with Crippen LogP contribution >= 0.6 is 0 Å². The maximum atomic E-state index is 5.34. The van der Waals surface area contributed by atoms with Crippen LogP contribution in [-0.2, 0) is 5.54 Å². The molecule has 0 fully saturated rings. The summed E-state index contributed by atoms with van der Waals surface area (Å²) in [6, 6.07) is 47.5. The van der Waals surface area contributed by atoms with Crippen LogP contribution in [0.5, 0.6) is 0 Å². The first kappa shape index (κ1) is 23.9. The van der Waals surface area contributed by atoms with Gasteiger partial charge in [-0.25, -0.2) is 4.99 Å². The molecule has 0 bridgehead atoms. The number of nitrogens with zero attached hydrogens (tertiary/aromatic N) is 1. The number of para-hydroxylation sites is 2. The smallest absolute Gasteiger partial charge is 0.106 e. The first-order valence-electron chi connectivity index (χ1n) is 13.5. The average molecular weight is 493 g/mol. The molecule has 1 unspecified atom stereocenters. The number of aliphatic imine (C=N–C) groups is 1. The summed E-state index contributed by atoms with van der Waals surface area (Å²) in [4.78, 5) is 5.34. The molecule has 0 radical (unpaired) electrons. The van der Waals surface area contributed by atoms with Gasteiger partial charge in [-0.05, 0) is 51.9 Å². The third-order valence-corrected chi connectivity index (χ3v) is 7.54. The van der Waals surface area contributed by atoms with Crippen molar-refractivity contribution in [3.8, 4) is 22.3 Å². The van der Waals surface area contributed by atoms with Crippen molar-refractivity contribution in [3.05, 3.63) is 145 Å². The molecule has 2 nitrogen and oxygen atoms in total. The van der Waals surface area contributed by atoms with Gasteiger partial charge in [0.1, 0.15) is 5.54 Å². The third-order valence-electron chi connectivity index (χ3n) is 7.54. The van der Waals surface area contributed by atoms with E-state index in [4.69, 9.17) is 4.99 Å². The van der Waals surface area contributed by atoms with Crippen LogP contribution in [0.1, 0.15) is 37.3 Å². The normalized spacial score (nSPS) is 16.3. The molecule has 0 saturated heterocycles. The SMILES string of the molecule is CCCCC1(c2ccc(-c3ccccc3)cc2)Nc2ccccc2N=C1c1ccc(-c2ccccc2)cc1. The number of unbranched alkanes of at least 4 members (excludes halogenated alkanes) is 1. The highest BCUT2D eigenvalue weighted by atomic mass is 15.1. The van der Waals surface area contributed by atoms with Gasteiger partial charge in [0.25, 0.3) is 0 Å². The van der Waals surface area contributed by atoms with E-state index in [1.54, 1.807) is 0 Å². The Morgan fingerprint density at radius 2 is 1.05 bits per heavy atom. The molecule has 0 amide bonds. The van der Waals surface area contributed by atoms with Gasteiger partial charge >= 0.3 is 0 Å². The zero-order chi connectivity index (χ0) is 25.8. The number of benzene rings is 5. The molecular formula is C36H32N2. The summed E-state index contributed by atoms with van der Waals surface area (Å²) >= 11 is 0. The largest absolute Gasteiger partial charge is 0.369 e. The monoisotopic (exact) mass is 492 g/mol. The number of rotatable bonds is 7. The van der Waals surface area contributed by atoms with Crippen molar-refractivity contribution in [1.29, 1.82) is 0 Å². The fourth-order valence-electron chi connectivity index (χ4n) is 5.50. The second kappa shape index (κ2) is 10.5. The second-order valence-electron chi connectivity index (χ2n) is 10.00. The Labute approximate surface area is 225 Å². The fraction of sp³-hybridized carbons (Fsp3) is 0.139. The molecule has 6 rings (SSSR count). The van der Waals surface area contributed by atoms with E-state index in [-0.39, 0.29) is 0 Å². The quantitative estimate of drug-likeness (QED) is 0.240. The highest BCUT2D eigenvalue weighted by molar-refractivity contribution is 6.13. The molecule has 0 saturated carbocycles. The standard InChI is InChI=1S/C36H32N2/c1-2-3-26-36(32-24-22-30(23-25-32)28-14-8-5-9-15-28)35(37-33-16-10-11-17-34(33)38-36)31-20-18-29(19-21-31)27-12-6-4-7-13-27/h4-25,38H,2-3,26H2,1H3. The number of fused-ring (bicyclic) bond motifs is 1. The molecule has 2 heteroatoms. The van der Waals surface area contributed by atoms with E-state index in [1.807, 2.05) is 0 Å². The van der Waals surface area contributed by atoms with Gasteiger partial charge in [0.05, 0.1) is 17.1 Å². The van der Waals surface area contributed by atoms with Crippen LogP contribution in [0.2, 0.25) is 0 Å². The van der Waals surface area contributed by atoms with Gasteiger partial charge in [-0.15, -0.1) is 0 Å². The van der Waals surface area contributed by atoms with Gasteiger partial charge in [-0.2, -0.15) is 0 Å². The lowest BCUT2D eigenvalue weighted by Crippen LogP contribution is -2.45. The lowest BCUT2D eigenvalue weighted by Gasteiger charge is -2.41. The van der Waals surface area contributed by atoms with Crippen molar-refractivity contribution in [2.45, 2.75) is 31.7 Å². The predicted molar refractivity (Wildman–Crippen MR) is 161 cm³/mol. The van der Waals surface area contributed by atoms with Crippen molar-refractivity contribution in [2.24, 2.45) is 4.99 Å².